The van der Waals surface area contributed by atoms with Crippen LogP contribution in [0.5, 0.6) is 23.0 Å². The van der Waals surface area contributed by atoms with Gasteiger partial charge in [-0.1, -0.05) is 253 Å². The third kappa shape index (κ3) is 10.2. The number of hydrogen-bond acceptors (Lipinski definition) is 4. The second-order valence-electron chi connectivity index (χ2n) is 25.1. The molecule has 4 heteroatoms. The van der Waals surface area contributed by atoms with E-state index >= 15 is 0 Å². The molecule has 0 heterocycles. The Labute approximate surface area is 455 Å². The van der Waals surface area contributed by atoms with E-state index in [9.17, 15) is 0 Å². The first kappa shape index (κ1) is 53.8. The second-order valence-corrected chi connectivity index (χ2v) is 25.1. The highest BCUT2D eigenvalue weighted by Crippen LogP contribution is 2.56. The summed E-state index contributed by atoms with van der Waals surface area (Å²) < 4.78 is 28.3. The summed E-state index contributed by atoms with van der Waals surface area (Å²) >= 11 is 0. The Bertz CT molecular complexity index is 2770. The predicted octanol–water partition coefficient (Wildman–Crippen LogP) is 17.9. The van der Waals surface area contributed by atoms with Crippen molar-refractivity contribution in [2.75, 3.05) is 28.4 Å². The van der Waals surface area contributed by atoms with Gasteiger partial charge in [0.15, 0.2) is 0 Å². The van der Waals surface area contributed by atoms with Gasteiger partial charge in [-0.2, -0.15) is 0 Å². The number of methoxy groups -OCH3 is 4. The Hall–Kier alpha value is -7.04. The molecular weight excluding hydrogens is 929 g/mol. The predicted molar refractivity (Wildman–Crippen MR) is 316 cm³/mol. The van der Waals surface area contributed by atoms with Crippen molar-refractivity contribution in [3.8, 4) is 23.0 Å². The number of fused-ring (bicyclic) bond motifs is 8. The van der Waals surface area contributed by atoms with E-state index in [1.165, 1.54) is 22.3 Å². The molecule has 0 N–H and O–H groups in total. The van der Waals surface area contributed by atoms with Crippen LogP contribution in [-0.2, 0) is 21.7 Å². The molecule has 0 saturated heterocycles. The zero-order chi connectivity index (χ0) is 54.5. The lowest BCUT2D eigenvalue weighted by Crippen LogP contribution is -2.22. The van der Waals surface area contributed by atoms with E-state index in [0.29, 0.717) is 0 Å². The molecule has 0 unspecified atom stereocenters. The van der Waals surface area contributed by atoms with E-state index in [0.717, 1.165) is 89.8 Å². The van der Waals surface area contributed by atoms with Gasteiger partial charge < -0.3 is 18.9 Å². The molecule has 0 radical (unpaired) electrons. The van der Waals surface area contributed by atoms with Gasteiger partial charge in [0, 0.05) is 68.2 Å². The maximum Gasteiger partial charge on any atom is 0.127 e. The lowest BCUT2D eigenvalue weighted by atomic mass is 9.70. The van der Waals surface area contributed by atoms with Crippen LogP contribution >= 0.6 is 0 Å². The summed E-state index contributed by atoms with van der Waals surface area (Å²) in [6.45, 7) is 27.9. The second kappa shape index (κ2) is 20.8. The van der Waals surface area contributed by atoms with Crippen LogP contribution < -0.4 is 18.9 Å². The van der Waals surface area contributed by atoms with Gasteiger partial charge in [0.05, 0.1) is 28.4 Å². The average molecular weight is 1010 g/mol. The van der Waals surface area contributed by atoms with E-state index in [1.807, 2.05) is 28.4 Å². The Morgan fingerprint density at radius 2 is 0.382 bits per heavy atom. The van der Waals surface area contributed by atoms with E-state index < -0.39 is 0 Å². The number of ether oxygens (including phenoxy) is 4. The van der Waals surface area contributed by atoms with Crippen molar-refractivity contribution in [2.45, 2.75) is 128 Å². The first-order valence-electron chi connectivity index (χ1n) is 27.2. The molecule has 0 spiro atoms. The summed E-state index contributed by atoms with van der Waals surface area (Å²) in [6.07, 6.45) is 0. The van der Waals surface area contributed by atoms with Crippen molar-refractivity contribution in [1.29, 1.82) is 0 Å². The van der Waals surface area contributed by atoms with Crippen molar-refractivity contribution >= 4 is 0 Å². The number of benzene rings is 8. The normalized spacial score (nSPS) is 16.9. The molecule has 1 aliphatic carbocycles. The minimum atomic E-state index is -0.340. The van der Waals surface area contributed by atoms with Crippen molar-refractivity contribution in [1.82, 2.24) is 0 Å². The molecule has 8 bridgehead atoms. The van der Waals surface area contributed by atoms with Gasteiger partial charge in [0.1, 0.15) is 23.0 Å². The van der Waals surface area contributed by atoms with Crippen molar-refractivity contribution in [2.24, 2.45) is 0 Å². The van der Waals surface area contributed by atoms with Crippen LogP contribution in [0.25, 0.3) is 0 Å². The minimum Gasteiger partial charge on any atom is -0.496 e. The molecule has 76 heavy (non-hydrogen) atoms. The van der Waals surface area contributed by atoms with Gasteiger partial charge >= 0.3 is 0 Å². The molecule has 0 fully saturated rings. The third-order valence-corrected chi connectivity index (χ3v) is 15.9. The Kier molecular flexibility index (Phi) is 14.7. The highest BCUT2D eigenvalue weighted by Gasteiger charge is 2.40. The molecule has 0 aromatic heterocycles. The maximum absolute atomic E-state index is 7.07. The standard InChI is InChI=1S/C72H80O4/c1-69(2,3)49-37-53-61(45-29-21-17-22-30-45)55-39-50(70(4,5)6)41-57(66(55)74-14)63(47-33-25-19-26-34-47)59-43-52(72(10,11)12)44-60(68(59)76-16)64(48-35-27-20-28-36-48)58-42-51(71(7,8)9)40-56(67(58)75-15)62(46-31-23-18-24-32-46)54(38-49)65(53)73-13/h17-44,61-64H,1-16H3. The first-order valence-corrected chi connectivity index (χ1v) is 27.2. The molecule has 392 valence electrons. The smallest absolute Gasteiger partial charge is 0.127 e. The van der Waals surface area contributed by atoms with Crippen molar-refractivity contribution in [3.05, 3.63) is 259 Å². The Morgan fingerprint density at radius 3 is 0.500 bits per heavy atom. The van der Waals surface area contributed by atoms with Crippen molar-refractivity contribution < 1.29 is 18.9 Å². The molecule has 0 aliphatic heterocycles. The monoisotopic (exact) mass is 1010 g/mol. The summed E-state index contributed by atoms with van der Waals surface area (Å²) in [5.41, 5.74) is 16.9. The largest absolute Gasteiger partial charge is 0.496 e. The lowest BCUT2D eigenvalue weighted by molar-refractivity contribution is 0.388. The molecular formula is C72H80O4. The fraction of sp³-hybridized carbons (Fsp3) is 0.333. The van der Waals surface area contributed by atoms with Crippen LogP contribution in [-0.4, -0.2) is 28.4 Å². The van der Waals surface area contributed by atoms with Gasteiger partial charge in [-0.25, -0.2) is 0 Å². The lowest BCUT2D eigenvalue weighted by Gasteiger charge is -2.36. The summed E-state index contributed by atoms with van der Waals surface area (Å²) in [6, 6.07) is 63.3. The summed E-state index contributed by atoms with van der Waals surface area (Å²) in [4.78, 5) is 0. The third-order valence-electron chi connectivity index (χ3n) is 15.9. The zero-order valence-corrected chi connectivity index (χ0v) is 48.1. The van der Waals surface area contributed by atoms with Crippen LogP contribution in [0.2, 0.25) is 0 Å². The fourth-order valence-electron chi connectivity index (χ4n) is 11.8. The maximum atomic E-state index is 7.07. The van der Waals surface area contributed by atoms with Crippen LogP contribution in [0, 0.1) is 0 Å². The molecule has 8 aromatic carbocycles. The van der Waals surface area contributed by atoms with E-state index in [2.05, 4.69) is 253 Å². The molecule has 0 atom stereocenters. The highest BCUT2D eigenvalue weighted by atomic mass is 16.5. The van der Waals surface area contributed by atoms with Crippen LogP contribution in [0.4, 0.5) is 0 Å². The van der Waals surface area contributed by atoms with Crippen LogP contribution in [0.15, 0.2) is 170 Å². The zero-order valence-electron chi connectivity index (χ0n) is 48.1. The van der Waals surface area contributed by atoms with Crippen LogP contribution in [0.3, 0.4) is 0 Å². The first-order chi connectivity index (χ1) is 36.1. The topological polar surface area (TPSA) is 36.9 Å². The summed E-state index contributed by atoms with van der Waals surface area (Å²) in [5, 5.41) is 0. The van der Waals surface area contributed by atoms with E-state index in [1.54, 1.807) is 0 Å². The average Bonchev–Trinajstić information content (AvgIpc) is 3.40. The van der Waals surface area contributed by atoms with Gasteiger partial charge in [-0.3, -0.25) is 0 Å². The summed E-state index contributed by atoms with van der Waals surface area (Å²) in [7, 11) is 7.41. The molecule has 4 nitrogen and oxygen atoms in total. The van der Waals surface area contributed by atoms with Gasteiger partial charge in [0.25, 0.3) is 0 Å². The van der Waals surface area contributed by atoms with E-state index in [4.69, 9.17) is 18.9 Å². The fourth-order valence-corrected chi connectivity index (χ4v) is 11.8. The SMILES string of the molecule is COc1c2cc(C(C)(C)C)cc1C(c1ccccc1)c1cc(C(C)(C)C)cc(c1OC)C(c1ccccc1)c1cc(C(C)(C)C)cc(c1OC)C(c1ccccc1)c1cc(C(C)(C)C)cc(c1OC)C2c1ccccc1. The Balaban J connectivity index is 1.64. The molecule has 8 aromatic rings. The number of rotatable bonds is 8. The van der Waals surface area contributed by atoms with Gasteiger partial charge in [0.2, 0.25) is 0 Å². The van der Waals surface area contributed by atoms with Gasteiger partial charge in [-0.05, 0) is 66.2 Å². The molecule has 0 amide bonds. The molecule has 9 rings (SSSR count). The highest BCUT2D eigenvalue weighted by molar-refractivity contribution is 5.69. The van der Waals surface area contributed by atoms with E-state index in [-0.39, 0.29) is 45.3 Å². The van der Waals surface area contributed by atoms with Crippen LogP contribution in [0.1, 0.15) is 196 Å². The number of hydrogen-bond donors (Lipinski definition) is 0. The van der Waals surface area contributed by atoms with Gasteiger partial charge in [-0.15, -0.1) is 0 Å². The van der Waals surface area contributed by atoms with Crippen molar-refractivity contribution in [3.63, 3.8) is 0 Å². The summed E-state index contributed by atoms with van der Waals surface area (Å²) in [5.74, 6) is 1.97. The molecule has 1 aliphatic rings. The quantitative estimate of drug-likeness (QED) is 0.152. The Morgan fingerprint density at radius 1 is 0.237 bits per heavy atom. The minimum absolute atomic E-state index is 0.259. The molecule has 0 saturated carbocycles.